The van der Waals surface area contributed by atoms with Crippen LogP contribution < -0.4 is 5.32 Å². The number of hydrogen-bond donors (Lipinski definition) is 2. The molecule has 2 aromatic rings. The Morgan fingerprint density at radius 2 is 1.91 bits per heavy atom. The highest BCUT2D eigenvalue weighted by Gasteiger charge is 2.33. The molecule has 2 amide bonds. The van der Waals surface area contributed by atoms with Crippen molar-refractivity contribution in [2.45, 2.75) is 65.1 Å². The molecule has 0 aliphatic carbocycles. The van der Waals surface area contributed by atoms with Crippen molar-refractivity contribution in [1.82, 2.24) is 10.2 Å². The number of carboxylic acids is 1. The van der Waals surface area contributed by atoms with Gasteiger partial charge in [-0.1, -0.05) is 25.4 Å². The molecule has 0 saturated heterocycles. The molecule has 9 heteroatoms. The van der Waals surface area contributed by atoms with Gasteiger partial charge in [0.05, 0.1) is 0 Å². The average Bonchev–Trinajstić information content (AvgIpc) is 3.04. The van der Waals surface area contributed by atoms with Crippen molar-refractivity contribution in [2.24, 2.45) is 5.92 Å². The van der Waals surface area contributed by atoms with Crippen LogP contribution >= 0.6 is 22.9 Å². The van der Waals surface area contributed by atoms with Crippen LogP contribution in [0.3, 0.4) is 0 Å². The first-order chi connectivity index (χ1) is 14.8. The SMILES string of the molecule is CC(C)C[C@@H](NC(=O)[C@@H](Cc1csc2ccc(Cl)cc12)N(C)C(=O)OC(C)(C)C)C(=O)O. The second-order valence-corrected chi connectivity index (χ2v) is 10.6. The molecular formula is C23H31ClN2O5S. The van der Waals surface area contributed by atoms with Crippen molar-refractivity contribution in [3.63, 3.8) is 0 Å². The molecule has 0 radical (unpaired) electrons. The maximum Gasteiger partial charge on any atom is 0.410 e. The van der Waals surface area contributed by atoms with Crippen LogP contribution in [0.25, 0.3) is 10.1 Å². The molecule has 176 valence electrons. The Bertz CT molecular complexity index is 982. The molecule has 0 fully saturated rings. The molecule has 0 aliphatic heterocycles. The normalized spacial score (nSPS) is 13.6. The van der Waals surface area contributed by atoms with Crippen LogP contribution in [0.2, 0.25) is 5.02 Å². The Hall–Kier alpha value is -2.32. The number of rotatable bonds is 8. The lowest BCUT2D eigenvalue weighted by atomic mass is 10.0. The van der Waals surface area contributed by atoms with E-state index in [9.17, 15) is 19.5 Å². The number of hydrogen-bond acceptors (Lipinski definition) is 5. The van der Waals surface area contributed by atoms with Gasteiger partial charge in [0.1, 0.15) is 17.7 Å². The molecular weight excluding hydrogens is 452 g/mol. The summed E-state index contributed by atoms with van der Waals surface area (Å²) in [6.07, 6.45) is -0.192. The second kappa shape index (κ2) is 10.5. The van der Waals surface area contributed by atoms with E-state index >= 15 is 0 Å². The van der Waals surface area contributed by atoms with Crippen molar-refractivity contribution >= 4 is 51.0 Å². The molecule has 1 aromatic heterocycles. The van der Waals surface area contributed by atoms with Crippen molar-refractivity contribution in [3.05, 3.63) is 34.2 Å². The van der Waals surface area contributed by atoms with Gasteiger partial charge in [0.15, 0.2) is 0 Å². The minimum Gasteiger partial charge on any atom is -0.480 e. The van der Waals surface area contributed by atoms with Crippen molar-refractivity contribution < 1.29 is 24.2 Å². The molecule has 0 bridgehead atoms. The van der Waals surface area contributed by atoms with Crippen LogP contribution in [-0.2, 0) is 20.7 Å². The van der Waals surface area contributed by atoms with Crippen molar-refractivity contribution in [3.8, 4) is 0 Å². The Labute approximate surface area is 197 Å². The molecule has 1 heterocycles. The van der Waals surface area contributed by atoms with Gasteiger partial charge in [-0.25, -0.2) is 9.59 Å². The number of aliphatic carboxylic acids is 1. The highest BCUT2D eigenvalue weighted by atomic mass is 35.5. The molecule has 0 spiro atoms. The highest BCUT2D eigenvalue weighted by molar-refractivity contribution is 7.17. The number of amides is 2. The highest BCUT2D eigenvalue weighted by Crippen LogP contribution is 2.30. The number of fused-ring (bicyclic) bond motifs is 1. The summed E-state index contributed by atoms with van der Waals surface area (Å²) in [5.74, 6) is -1.59. The number of halogens is 1. The van der Waals surface area contributed by atoms with Gasteiger partial charge in [0.25, 0.3) is 0 Å². The van der Waals surface area contributed by atoms with Crippen LogP contribution in [0, 0.1) is 5.92 Å². The van der Waals surface area contributed by atoms with Crippen molar-refractivity contribution in [2.75, 3.05) is 7.05 Å². The average molecular weight is 483 g/mol. The fourth-order valence-corrected chi connectivity index (χ4v) is 4.38. The van der Waals surface area contributed by atoms with Crippen molar-refractivity contribution in [1.29, 1.82) is 0 Å². The Morgan fingerprint density at radius 1 is 1.25 bits per heavy atom. The van der Waals surface area contributed by atoms with E-state index in [1.165, 1.54) is 23.3 Å². The first-order valence-electron chi connectivity index (χ1n) is 10.4. The van der Waals surface area contributed by atoms with E-state index in [-0.39, 0.29) is 18.8 Å². The first kappa shape index (κ1) is 25.9. The molecule has 32 heavy (non-hydrogen) atoms. The van der Waals surface area contributed by atoms with Gasteiger partial charge in [-0.05, 0) is 67.6 Å². The summed E-state index contributed by atoms with van der Waals surface area (Å²) in [7, 11) is 1.48. The van der Waals surface area contributed by atoms with Gasteiger partial charge in [0.2, 0.25) is 5.91 Å². The summed E-state index contributed by atoms with van der Waals surface area (Å²) in [5, 5.41) is 15.5. The van der Waals surface area contributed by atoms with Gasteiger partial charge in [-0.2, -0.15) is 0 Å². The summed E-state index contributed by atoms with van der Waals surface area (Å²) in [6.45, 7) is 8.99. The van der Waals surface area contributed by atoms with Gasteiger partial charge in [-0.3, -0.25) is 9.69 Å². The molecule has 2 atom stereocenters. The number of benzene rings is 1. The lowest BCUT2D eigenvalue weighted by Crippen LogP contribution is -2.54. The number of thiophene rings is 1. The quantitative estimate of drug-likeness (QED) is 0.555. The summed E-state index contributed by atoms with van der Waals surface area (Å²) >= 11 is 7.67. The van der Waals surface area contributed by atoms with Crippen LogP contribution in [0.1, 0.15) is 46.6 Å². The van der Waals surface area contributed by atoms with Gasteiger partial charge in [0, 0.05) is 23.2 Å². The number of carbonyl (C=O) groups is 3. The number of ether oxygens (including phenoxy) is 1. The Kier molecular flexibility index (Phi) is 8.54. The first-order valence-corrected chi connectivity index (χ1v) is 11.7. The van der Waals surface area contributed by atoms with Gasteiger partial charge < -0.3 is 15.2 Å². The topological polar surface area (TPSA) is 95.9 Å². The molecule has 2 rings (SSSR count). The zero-order chi connectivity index (χ0) is 24.2. The van der Waals surface area contributed by atoms with E-state index in [1.54, 1.807) is 26.8 Å². The lowest BCUT2D eigenvalue weighted by molar-refractivity contribution is -0.143. The molecule has 7 nitrogen and oxygen atoms in total. The van der Waals surface area contributed by atoms with E-state index in [0.717, 1.165) is 15.6 Å². The number of likely N-dealkylation sites (N-methyl/N-ethyl adjacent to an activating group) is 1. The van der Waals surface area contributed by atoms with E-state index in [0.29, 0.717) is 5.02 Å². The molecule has 0 saturated carbocycles. The predicted octanol–water partition coefficient (Wildman–Crippen LogP) is 4.95. The van der Waals surface area contributed by atoms with E-state index in [1.807, 2.05) is 31.4 Å². The van der Waals surface area contributed by atoms with E-state index in [4.69, 9.17) is 16.3 Å². The zero-order valence-electron chi connectivity index (χ0n) is 19.3. The number of nitrogens with one attached hydrogen (secondary N) is 1. The maximum atomic E-state index is 13.2. The van der Waals surface area contributed by atoms with Gasteiger partial charge in [-0.15, -0.1) is 11.3 Å². The maximum absolute atomic E-state index is 13.2. The smallest absolute Gasteiger partial charge is 0.410 e. The van der Waals surface area contributed by atoms with Gasteiger partial charge >= 0.3 is 12.1 Å². The largest absolute Gasteiger partial charge is 0.480 e. The minimum absolute atomic E-state index is 0.0707. The summed E-state index contributed by atoms with van der Waals surface area (Å²) in [6, 6.07) is 3.51. The van der Waals surface area contributed by atoms with Crippen LogP contribution in [0.15, 0.2) is 23.6 Å². The second-order valence-electron chi connectivity index (χ2n) is 9.24. The fraction of sp³-hybridized carbons (Fsp3) is 0.522. The van der Waals surface area contributed by atoms with Crippen LogP contribution in [0.5, 0.6) is 0 Å². The van der Waals surface area contributed by atoms with E-state index in [2.05, 4.69) is 5.32 Å². The molecule has 2 N–H and O–H groups in total. The number of carboxylic acid groups (broad SMARTS) is 1. The minimum atomic E-state index is -1.11. The predicted molar refractivity (Wildman–Crippen MR) is 127 cm³/mol. The Balaban J connectivity index is 2.37. The summed E-state index contributed by atoms with van der Waals surface area (Å²) in [5.41, 5.74) is 0.106. The number of nitrogens with zero attached hydrogens (tertiary/aromatic N) is 1. The van der Waals surface area contributed by atoms with E-state index < -0.39 is 35.7 Å². The lowest BCUT2D eigenvalue weighted by Gasteiger charge is -2.31. The Morgan fingerprint density at radius 3 is 2.47 bits per heavy atom. The summed E-state index contributed by atoms with van der Waals surface area (Å²) < 4.78 is 6.45. The fourth-order valence-electron chi connectivity index (χ4n) is 3.25. The monoisotopic (exact) mass is 482 g/mol. The third-order valence-corrected chi connectivity index (χ3v) is 6.05. The summed E-state index contributed by atoms with van der Waals surface area (Å²) in [4.78, 5) is 38.9. The number of carbonyl (C=O) groups excluding carboxylic acids is 2. The molecule has 0 aliphatic rings. The zero-order valence-corrected chi connectivity index (χ0v) is 20.8. The van der Waals surface area contributed by atoms with Crippen LogP contribution in [-0.4, -0.2) is 52.7 Å². The third-order valence-electron chi connectivity index (χ3n) is 4.80. The standard InChI is InChI=1S/C23H31ClN2O5S/c1-13(2)9-17(21(28)29)25-20(27)18(26(6)22(30)31-23(3,4)5)10-14-12-32-19-8-7-15(24)11-16(14)19/h7-8,11-13,17-18H,9-10H2,1-6H3,(H,25,27)(H,28,29)/t17-,18-/m1/s1. The third kappa shape index (κ3) is 7.10. The molecule has 0 unspecified atom stereocenters. The van der Waals surface area contributed by atoms with Crippen LogP contribution in [0.4, 0.5) is 4.79 Å². The molecule has 1 aromatic carbocycles.